The number of benzene rings is 1. The van der Waals surface area contributed by atoms with Gasteiger partial charge in [0.1, 0.15) is 17.4 Å². The van der Waals surface area contributed by atoms with E-state index in [2.05, 4.69) is 53.0 Å². The summed E-state index contributed by atoms with van der Waals surface area (Å²) in [4.78, 5) is 0. The molecule has 0 amide bonds. The van der Waals surface area contributed by atoms with Gasteiger partial charge in [-0.15, -0.1) is 10.2 Å². The van der Waals surface area contributed by atoms with Crippen molar-refractivity contribution in [3.8, 4) is 5.75 Å². The molecule has 5 heteroatoms. The number of fused-ring (bicyclic) bond motifs is 1. The van der Waals surface area contributed by atoms with E-state index in [4.69, 9.17) is 4.74 Å². The Morgan fingerprint density at radius 2 is 1.92 bits per heavy atom. The Bertz CT molecular complexity index is 684. The molecule has 0 saturated carbocycles. The van der Waals surface area contributed by atoms with Gasteiger partial charge in [-0.3, -0.25) is 0 Å². The van der Waals surface area contributed by atoms with Crippen LogP contribution in [0.4, 0.5) is 0 Å². The van der Waals surface area contributed by atoms with E-state index >= 15 is 0 Å². The van der Waals surface area contributed by atoms with E-state index in [-0.39, 0.29) is 6.04 Å². The van der Waals surface area contributed by atoms with Crippen molar-refractivity contribution in [1.29, 1.82) is 0 Å². The number of ether oxygens (including phenoxy) is 1. The molecule has 1 atom stereocenters. The predicted octanol–water partition coefficient (Wildman–Crippen LogP) is 3.48. The van der Waals surface area contributed by atoms with Crippen LogP contribution in [0.1, 0.15) is 60.6 Å². The molecule has 2 heterocycles. The molecule has 1 aliphatic heterocycles. The Balaban J connectivity index is 1.70. The molecule has 1 aliphatic rings. The summed E-state index contributed by atoms with van der Waals surface area (Å²) in [5, 5.41) is 12.4. The fourth-order valence-corrected chi connectivity index (χ4v) is 3.65. The van der Waals surface area contributed by atoms with Crippen LogP contribution in [0.25, 0.3) is 0 Å². The standard InChI is InChI=1S/C19H28N4O/c1-13-10-16(11-14(2)18(13)24-4)12-20-15(3)19-22-21-17-8-6-5-7-9-23(17)19/h10-11,15,20H,5-9,12H2,1-4H3/t15-/m0/s1. The monoisotopic (exact) mass is 328 g/mol. The van der Waals surface area contributed by atoms with E-state index in [0.717, 1.165) is 36.9 Å². The maximum Gasteiger partial charge on any atom is 0.149 e. The Hall–Kier alpha value is -1.88. The van der Waals surface area contributed by atoms with Gasteiger partial charge in [0.05, 0.1) is 13.2 Å². The largest absolute Gasteiger partial charge is 0.496 e. The van der Waals surface area contributed by atoms with Crippen molar-refractivity contribution in [3.05, 3.63) is 40.5 Å². The summed E-state index contributed by atoms with van der Waals surface area (Å²) in [5.41, 5.74) is 3.63. The van der Waals surface area contributed by atoms with Crippen LogP contribution in [-0.2, 0) is 19.5 Å². The molecule has 0 bridgehead atoms. The normalized spacial score (nSPS) is 15.7. The zero-order chi connectivity index (χ0) is 17.1. The Labute approximate surface area is 144 Å². The highest BCUT2D eigenvalue weighted by molar-refractivity contribution is 5.43. The van der Waals surface area contributed by atoms with Crippen LogP contribution in [0.15, 0.2) is 12.1 Å². The number of hydrogen-bond acceptors (Lipinski definition) is 4. The van der Waals surface area contributed by atoms with Crippen LogP contribution in [-0.4, -0.2) is 21.9 Å². The Morgan fingerprint density at radius 3 is 2.62 bits per heavy atom. The molecule has 0 aliphatic carbocycles. The van der Waals surface area contributed by atoms with Gasteiger partial charge >= 0.3 is 0 Å². The first-order chi connectivity index (χ1) is 11.6. The molecule has 24 heavy (non-hydrogen) atoms. The lowest BCUT2D eigenvalue weighted by Gasteiger charge is -2.16. The van der Waals surface area contributed by atoms with E-state index in [1.165, 1.54) is 36.0 Å². The smallest absolute Gasteiger partial charge is 0.149 e. The van der Waals surface area contributed by atoms with Crippen LogP contribution in [0, 0.1) is 13.8 Å². The van der Waals surface area contributed by atoms with Crippen molar-refractivity contribution in [2.24, 2.45) is 0 Å². The number of nitrogens with one attached hydrogen (secondary N) is 1. The minimum absolute atomic E-state index is 0.187. The zero-order valence-electron chi connectivity index (χ0n) is 15.2. The lowest BCUT2D eigenvalue weighted by atomic mass is 10.1. The number of aryl methyl sites for hydroxylation is 3. The molecule has 0 radical (unpaired) electrons. The van der Waals surface area contributed by atoms with Crippen molar-refractivity contribution in [1.82, 2.24) is 20.1 Å². The zero-order valence-corrected chi connectivity index (χ0v) is 15.2. The molecule has 0 saturated heterocycles. The van der Waals surface area contributed by atoms with E-state index in [0.29, 0.717) is 0 Å². The van der Waals surface area contributed by atoms with Gasteiger partial charge in [0.2, 0.25) is 0 Å². The van der Waals surface area contributed by atoms with Gasteiger partial charge in [-0.25, -0.2) is 0 Å². The second-order valence-electron chi connectivity index (χ2n) is 6.80. The highest BCUT2D eigenvalue weighted by Crippen LogP contribution is 2.25. The Morgan fingerprint density at radius 1 is 1.17 bits per heavy atom. The quantitative estimate of drug-likeness (QED) is 0.913. The highest BCUT2D eigenvalue weighted by atomic mass is 16.5. The molecular weight excluding hydrogens is 300 g/mol. The number of nitrogens with zero attached hydrogens (tertiary/aromatic N) is 3. The minimum Gasteiger partial charge on any atom is -0.496 e. The summed E-state index contributed by atoms with van der Waals surface area (Å²) in [6, 6.07) is 4.57. The molecule has 1 N–H and O–H groups in total. The first-order valence-corrected chi connectivity index (χ1v) is 8.89. The first-order valence-electron chi connectivity index (χ1n) is 8.89. The van der Waals surface area contributed by atoms with Gasteiger partial charge in [0.15, 0.2) is 0 Å². The maximum absolute atomic E-state index is 5.45. The van der Waals surface area contributed by atoms with Crippen molar-refractivity contribution < 1.29 is 4.74 Å². The van der Waals surface area contributed by atoms with Gasteiger partial charge in [-0.2, -0.15) is 0 Å². The topological polar surface area (TPSA) is 52.0 Å². The average molecular weight is 328 g/mol. The van der Waals surface area contributed by atoms with Crippen LogP contribution >= 0.6 is 0 Å². The number of aromatic nitrogens is 3. The summed E-state index contributed by atoms with van der Waals surface area (Å²) in [6.45, 7) is 8.22. The summed E-state index contributed by atoms with van der Waals surface area (Å²) < 4.78 is 7.76. The second kappa shape index (κ2) is 7.34. The fourth-order valence-electron chi connectivity index (χ4n) is 3.65. The molecule has 0 spiro atoms. The summed E-state index contributed by atoms with van der Waals surface area (Å²) in [7, 11) is 1.73. The lowest BCUT2D eigenvalue weighted by Crippen LogP contribution is -2.22. The van der Waals surface area contributed by atoms with E-state index in [9.17, 15) is 0 Å². The highest BCUT2D eigenvalue weighted by Gasteiger charge is 2.19. The molecule has 0 fully saturated rings. The van der Waals surface area contributed by atoms with E-state index < -0.39 is 0 Å². The fraction of sp³-hybridized carbons (Fsp3) is 0.579. The minimum atomic E-state index is 0.187. The van der Waals surface area contributed by atoms with Crippen molar-refractivity contribution in [3.63, 3.8) is 0 Å². The average Bonchev–Trinajstić information content (AvgIpc) is 2.81. The molecule has 130 valence electrons. The summed E-state index contributed by atoms with van der Waals surface area (Å²) in [6.07, 6.45) is 4.79. The molecule has 1 aromatic heterocycles. The van der Waals surface area contributed by atoms with Gasteiger partial charge in [0, 0.05) is 19.5 Å². The van der Waals surface area contributed by atoms with Gasteiger partial charge in [-0.1, -0.05) is 18.6 Å². The molecule has 1 aromatic carbocycles. The maximum atomic E-state index is 5.45. The number of rotatable bonds is 5. The molecular formula is C19H28N4O. The van der Waals surface area contributed by atoms with Crippen molar-refractivity contribution in [2.75, 3.05) is 7.11 Å². The molecule has 2 aromatic rings. The van der Waals surface area contributed by atoms with Crippen molar-refractivity contribution >= 4 is 0 Å². The number of hydrogen-bond donors (Lipinski definition) is 1. The second-order valence-corrected chi connectivity index (χ2v) is 6.80. The van der Waals surface area contributed by atoms with Gasteiger partial charge in [-0.05, 0) is 50.3 Å². The van der Waals surface area contributed by atoms with Gasteiger partial charge < -0.3 is 14.6 Å². The summed E-state index contributed by atoms with van der Waals surface area (Å²) >= 11 is 0. The lowest BCUT2D eigenvalue weighted by molar-refractivity contribution is 0.408. The molecule has 3 rings (SSSR count). The third kappa shape index (κ3) is 3.46. The third-order valence-corrected chi connectivity index (χ3v) is 4.86. The van der Waals surface area contributed by atoms with Gasteiger partial charge in [0.25, 0.3) is 0 Å². The van der Waals surface area contributed by atoms with E-state index in [1.54, 1.807) is 7.11 Å². The Kier molecular flexibility index (Phi) is 5.19. The number of methoxy groups -OCH3 is 1. The molecule has 5 nitrogen and oxygen atoms in total. The first kappa shape index (κ1) is 17.0. The van der Waals surface area contributed by atoms with Crippen LogP contribution < -0.4 is 10.1 Å². The summed E-state index contributed by atoms with van der Waals surface area (Å²) in [5.74, 6) is 3.19. The predicted molar refractivity (Wildman–Crippen MR) is 95.3 cm³/mol. The SMILES string of the molecule is COc1c(C)cc(CN[C@@H](C)c2nnc3n2CCCCC3)cc1C. The molecule has 0 unspecified atom stereocenters. The van der Waals surface area contributed by atoms with Crippen LogP contribution in [0.2, 0.25) is 0 Å². The third-order valence-electron chi connectivity index (χ3n) is 4.86. The van der Waals surface area contributed by atoms with Crippen molar-refractivity contribution in [2.45, 2.75) is 65.6 Å². The van der Waals surface area contributed by atoms with Crippen LogP contribution in [0.5, 0.6) is 5.75 Å². The van der Waals surface area contributed by atoms with E-state index in [1.807, 2.05) is 0 Å². The van der Waals surface area contributed by atoms with Crippen LogP contribution in [0.3, 0.4) is 0 Å².